The number of fused-ring (bicyclic) bond motifs is 1. The molecule has 1 aliphatic heterocycles. The molecule has 18 heavy (non-hydrogen) atoms. The predicted octanol–water partition coefficient (Wildman–Crippen LogP) is 2.28. The van der Waals surface area contributed by atoms with Gasteiger partial charge in [-0.25, -0.2) is 4.79 Å². The van der Waals surface area contributed by atoms with Crippen LogP contribution in [0.5, 0.6) is 0 Å². The number of rotatable bonds is 3. The molecule has 1 aromatic carbocycles. The topological polar surface area (TPSA) is 55.4 Å². The van der Waals surface area contributed by atoms with Gasteiger partial charge in [0.1, 0.15) is 6.29 Å². The highest BCUT2D eigenvalue weighted by Gasteiger charge is 2.28. The Morgan fingerprint density at radius 2 is 2.33 bits per heavy atom. The SMILES string of the molecule is CCOC(=O)C1Nc2cc(Cl)ccc2C=C1C=O. The van der Waals surface area contributed by atoms with Crippen molar-refractivity contribution in [3.63, 3.8) is 0 Å². The zero-order valence-electron chi connectivity index (χ0n) is 9.77. The van der Waals surface area contributed by atoms with E-state index in [0.717, 1.165) is 5.56 Å². The van der Waals surface area contributed by atoms with Crippen molar-refractivity contribution < 1.29 is 14.3 Å². The lowest BCUT2D eigenvalue weighted by Gasteiger charge is -2.24. The summed E-state index contributed by atoms with van der Waals surface area (Å²) in [6, 6.07) is 4.45. The minimum Gasteiger partial charge on any atom is -0.464 e. The Morgan fingerprint density at radius 1 is 1.56 bits per heavy atom. The molecule has 0 bridgehead atoms. The first-order valence-corrected chi connectivity index (χ1v) is 5.93. The number of hydrogen-bond acceptors (Lipinski definition) is 4. The van der Waals surface area contributed by atoms with Gasteiger partial charge in [0, 0.05) is 16.3 Å². The maximum atomic E-state index is 11.7. The second kappa shape index (κ2) is 5.23. The summed E-state index contributed by atoms with van der Waals surface area (Å²) in [5, 5.41) is 3.53. The number of hydrogen-bond donors (Lipinski definition) is 1. The van der Waals surface area contributed by atoms with E-state index >= 15 is 0 Å². The lowest BCUT2D eigenvalue weighted by molar-refractivity contribution is -0.143. The van der Waals surface area contributed by atoms with Gasteiger partial charge in [0.2, 0.25) is 0 Å². The molecule has 4 nitrogen and oxygen atoms in total. The van der Waals surface area contributed by atoms with Crippen LogP contribution in [-0.2, 0) is 14.3 Å². The van der Waals surface area contributed by atoms with E-state index in [0.29, 0.717) is 22.6 Å². The number of carbonyl (C=O) groups is 2. The van der Waals surface area contributed by atoms with Crippen LogP contribution in [0.15, 0.2) is 23.8 Å². The van der Waals surface area contributed by atoms with Crippen molar-refractivity contribution in [2.75, 3.05) is 11.9 Å². The number of carbonyl (C=O) groups excluding carboxylic acids is 2. The van der Waals surface area contributed by atoms with Crippen LogP contribution in [0.3, 0.4) is 0 Å². The molecule has 2 rings (SSSR count). The summed E-state index contributed by atoms with van der Waals surface area (Å²) < 4.78 is 4.92. The monoisotopic (exact) mass is 265 g/mol. The molecule has 1 N–H and O–H groups in total. The average Bonchev–Trinajstić information content (AvgIpc) is 2.37. The summed E-state index contributed by atoms with van der Waals surface area (Å²) in [5.41, 5.74) is 1.89. The van der Waals surface area contributed by atoms with Crippen LogP contribution >= 0.6 is 11.6 Å². The molecule has 0 amide bonds. The van der Waals surface area contributed by atoms with Gasteiger partial charge in [-0.05, 0) is 30.7 Å². The maximum Gasteiger partial charge on any atom is 0.333 e. The molecular weight excluding hydrogens is 254 g/mol. The first kappa shape index (κ1) is 12.6. The van der Waals surface area contributed by atoms with Gasteiger partial charge in [0.15, 0.2) is 6.04 Å². The fourth-order valence-corrected chi connectivity index (χ4v) is 1.98. The Morgan fingerprint density at radius 3 is 3.00 bits per heavy atom. The molecule has 1 unspecified atom stereocenters. The zero-order valence-corrected chi connectivity index (χ0v) is 10.5. The van der Waals surface area contributed by atoms with Crippen LogP contribution in [0.4, 0.5) is 5.69 Å². The van der Waals surface area contributed by atoms with Crippen LogP contribution in [0.2, 0.25) is 5.02 Å². The standard InChI is InChI=1S/C13H12ClNO3/c1-2-18-13(17)12-9(7-16)5-8-3-4-10(14)6-11(8)15-12/h3-7,12,15H,2H2,1H3. The summed E-state index contributed by atoms with van der Waals surface area (Å²) in [6.45, 7) is 1.99. The number of esters is 1. The number of anilines is 1. The van der Waals surface area contributed by atoms with Gasteiger partial charge in [-0.2, -0.15) is 0 Å². The van der Waals surface area contributed by atoms with E-state index < -0.39 is 12.0 Å². The lowest BCUT2D eigenvalue weighted by atomic mass is 9.98. The van der Waals surface area contributed by atoms with Crippen molar-refractivity contribution in [1.82, 2.24) is 0 Å². The van der Waals surface area contributed by atoms with Crippen molar-refractivity contribution in [2.45, 2.75) is 13.0 Å². The van der Waals surface area contributed by atoms with Crippen molar-refractivity contribution in [2.24, 2.45) is 0 Å². The number of halogens is 1. The molecule has 0 spiro atoms. The summed E-state index contributed by atoms with van der Waals surface area (Å²) in [5.74, 6) is -0.471. The molecule has 1 heterocycles. The highest BCUT2D eigenvalue weighted by Crippen LogP contribution is 2.29. The van der Waals surface area contributed by atoms with Gasteiger partial charge in [0.05, 0.1) is 6.61 Å². The minimum absolute atomic E-state index is 0.269. The molecule has 0 saturated heterocycles. The van der Waals surface area contributed by atoms with Crippen molar-refractivity contribution in [1.29, 1.82) is 0 Å². The predicted molar refractivity (Wildman–Crippen MR) is 69.5 cm³/mol. The van der Waals surface area contributed by atoms with Gasteiger partial charge >= 0.3 is 5.97 Å². The number of aldehydes is 1. The highest BCUT2D eigenvalue weighted by atomic mass is 35.5. The van der Waals surface area contributed by atoms with E-state index in [9.17, 15) is 9.59 Å². The molecule has 0 aliphatic carbocycles. The molecule has 1 aliphatic rings. The van der Waals surface area contributed by atoms with E-state index in [1.54, 1.807) is 31.2 Å². The average molecular weight is 266 g/mol. The third-order valence-corrected chi connectivity index (χ3v) is 2.86. The summed E-state index contributed by atoms with van der Waals surface area (Å²) in [6.07, 6.45) is 2.32. The highest BCUT2D eigenvalue weighted by molar-refractivity contribution is 6.31. The van der Waals surface area contributed by atoms with Crippen molar-refractivity contribution >= 4 is 35.6 Å². The normalized spacial score (nSPS) is 17.2. The Labute approximate surface area is 110 Å². The lowest BCUT2D eigenvalue weighted by Crippen LogP contribution is -2.35. The van der Waals surface area contributed by atoms with Gasteiger partial charge in [0.25, 0.3) is 0 Å². The van der Waals surface area contributed by atoms with E-state index in [4.69, 9.17) is 16.3 Å². The zero-order chi connectivity index (χ0) is 13.1. The third-order valence-electron chi connectivity index (χ3n) is 2.63. The van der Waals surface area contributed by atoms with Gasteiger partial charge < -0.3 is 10.1 Å². The molecule has 0 radical (unpaired) electrons. The van der Waals surface area contributed by atoms with Gasteiger partial charge in [-0.1, -0.05) is 17.7 Å². The molecule has 94 valence electrons. The smallest absolute Gasteiger partial charge is 0.333 e. The third kappa shape index (κ3) is 2.38. The summed E-state index contributed by atoms with van der Waals surface area (Å²) in [4.78, 5) is 22.8. The van der Waals surface area contributed by atoms with Crippen LogP contribution < -0.4 is 5.32 Å². The van der Waals surface area contributed by atoms with Gasteiger partial charge in [-0.15, -0.1) is 0 Å². The Balaban J connectivity index is 2.37. The molecule has 1 aromatic rings. The van der Waals surface area contributed by atoms with Crippen molar-refractivity contribution in [3.05, 3.63) is 34.4 Å². The quantitative estimate of drug-likeness (QED) is 0.673. The number of benzene rings is 1. The Kier molecular flexibility index (Phi) is 3.67. The van der Waals surface area contributed by atoms with Crippen molar-refractivity contribution in [3.8, 4) is 0 Å². The number of ether oxygens (including phenoxy) is 1. The largest absolute Gasteiger partial charge is 0.464 e. The minimum atomic E-state index is -0.770. The molecule has 0 saturated carbocycles. The Bertz CT molecular complexity index is 525. The molecule has 5 heteroatoms. The van der Waals surface area contributed by atoms with E-state index in [2.05, 4.69) is 5.32 Å². The molecular formula is C13H12ClNO3. The molecule has 1 atom stereocenters. The first-order chi connectivity index (χ1) is 8.65. The second-order valence-corrected chi connectivity index (χ2v) is 4.26. The summed E-state index contributed by atoms with van der Waals surface area (Å²) >= 11 is 5.89. The van der Waals surface area contributed by atoms with Crippen LogP contribution in [-0.4, -0.2) is 24.9 Å². The van der Waals surface area contributed by atoms with Crippen LogP contribution in [0, 0.1) is 0 Å². The van der Waals surface area contributed by atoms with E-state index in [1.165, 1.54) is 0 Å². The van der Waals surface area contributed by atoms with Crippen LogP contribution in [0.25, 0.3) is 6.08 Å². The van der Waals surface area contributed by atoms with Gasteiger partial charge in [-0.3, -0.25) is 4.79 Å². The number of nitrogens with one attached hydrogen (secondary N) is 1. The van der Waals surface area contributed by atoms with E-state index in [-0.39, 0.29) is 6.61 Å². The second-order valence-electron chi connectivity index (χ2n) is 3.82. The molecule has 0 fully saturated rings. The van der Waals surface area contributed by atoms with Crippen LogP contribution in [0.1, 0.15) is 12.5 Å². The fourth-order valence-electron chi connectivity index (χ4n) is 1.80. The fraction of sp³-hybridized carbons (Fsp3) is 0.231. The maximum absolute atomic E-state index is 11.7. The Hall–Kier alpha value is -1.81. The first-order valence-electron chi connectivity index (χ1n) is 5.55. The summed E-state index contributed by atoms with van der Waals surface area (Å²) in [7, 11) is 0. The molecule has 0 aromatic heterocycles. The van der Waals surface area contributed by atoms with E-state index in [1.807, 2.05) is 0 Å².